The maximum Gasteiger partial charge on any atom is 0.275 e. The summed E-state index contributed by atoms with van der Waals surface area (Å²) in [5.74, 6) is -0.390. The number of benzene rings is 1. The van der Waals surface area contributed by atoms with E-state index in [1.807, 2.05) is 0 Å². The number of aromatic nitrogens is 2. The van der Waals surface area contributed by atoms with E-state index in [2.05, 4.69) is 15.3 Å². The second-order valence-corrected chi connectivity index (χ2v) is 7.92. The summed E-state index contributed by atoms with van der Waals surface area (Å²) in [7, 11) is -3.47. The highest BCUT2D eigenvalue weighted by Gasteiger charge is 2.25. The Balaban J connectivity index is 1.71. The molecule has 1 aromatic heterocycles. The lowest BCUT2D eigenvalue weighted by atomic mass is 10.2. The highest BCUT2D eigenvalue weighted by atomic mass is 32.2. The number of carbonyl (C=O) groups is 1. The van der Waals surface area contributed by atoms with Crippen LogP contribution in [0.15, 0.2) is 41.6 Å². The number of carbonyl (C=O) groups excluding carboxylic acids is 1. The van der Waals surface area contributed by atoms with Gasteiger partial charge in [-0.1, -0.05) is 6.42 Å². The van der Waals surface area contributed by atoms with Crippen LogP contribution in [0.5, 0.6) is 0 Å². The highest BCUT2D eigenvalue weighted by Crippen LogP contribution is 2.22. The molecular formula is C17H20N4O3S. The van der Waals surface area contributed by atoms with Crippen LogP contribution in [0, 0.1) is 6.92 Å². The van der Waals surface area contributed by atoms with E-state index in [1.54, 1.807) is 19.1 Å². The number of hydrogen-bond donors (Lipinski definition) is 1. The summed E-state index contributed by atoms with van der Waals surface area (Å²) >= 11 is 0. The molecule has 0 saturated carbocycles. The standard InChI is InChI=1S/C17H20N4O3S/c1-13-11-19-16(12-18-13)17(22)20-14-5-7-15(8-6-14)25(23,24)21-9-3-2-4-10-21/h5-8,11-12H,2-4,9-10H2,1H3,(H,20,22). The highest BCUT2D eigenvalue weighted by molar-refractivity contribution is 7.89. The van der Waals surface area contributed by atoms with Crippen molar-refractivity contribution in [2.75, 3.05) is 18.4 Å². The number of amides is 1. The number of nitrogens with one attached hydrogen (secondary N) is 1. The third-order valence-electron chi connectivity index (χ3n) is 4.08. The fourth-order valence-corrected chi connectivity index (χ4v) is 4.19. The van der Waals surface area contributed by atoms with Crippen molar-refractivity contribution in [3.63, 3.8) is 0 Å². The van der Waals surface area contributed by atoms with E-state index in [9.17, 15) is 13.2 Å². The minimum atomic E-state index is -3.47. The Bertz CT molecular complexity index is 842. The van der Waals surface area contributed by atoms with Gasteiger partial charge in [-0.15, -0.1) is 0 Å². The molecular weight excluding hydrogens is 340 g/mol. The van der Waals surface area contributed by atoms with Gasteiger partial charge in [0.1, 0.15) is 5.69 Å². The number of aryl methyl sites for hydroxylation is 1. The van der Waals surface area contributed by atoms with Crippen molar-refractivity contribution in [3.05, 3.63) is 48.0 Å². The topological polar surface area (TPSA) is 92.3 Å². The summed E-state index contributed by atoms with van der Waals surface area (Å²) in [6.07, 6.45) is 5.78. The first kappa shape index (κ1) is 17.5. The summed E-state index contributed by atoms with van der Waals surface area (Å²) in [4.78, 5) is 20.4. The van der Waals surface area contributed by atoms with Crippen LogP contribution in [0.2, 0.25) is 0 Å². The SMILES string of the molecule is Cc1cnc(C(=O)Nc2ccc(S(=O)(=O)N3CCCCC3)cc2)cn1. The Morgan fingerprint density at radius 2 is 1.72 bits per heavy atom. The molecule has 3 rings (SSSR count). The van der Waals surface area contributed by atoms with Crippen LogP contribution >= 0.6 is 0 Å². The van der Waals surface area contributed by atoms with E-state index in [1.165, 1.54) is 28.8 Å². The molecule has 1 aromatic carbocycles. The average Bonchev–Trinajstić information content (AvgIpc) is 2.63. The second kappa shape index (κ2) is 7.28. The second-order valence-electron chi connectivity index (χ2n) is 5.99. The first-order chi connectivity index (χ1) is 12.0. The van der Waals surface area contributed by atoms with Crippen molar-refractivity contribution < 1.29 is 13.2 Å². The molecule has 1 saturated heterocycles. The molecule has 25 heavy (non-hydrogen) atoms. The quantitative estimate of drug-likeness (QED) is 0.902. The first-order valence-electron chi connectivity index (χ1n) is 8.17. The van der Waals surface area contributed by atoms with Gasteiger partial charge < -0.3 is 5.32 Å². The van der Waals surface area contributed by atoms with Gasteiger partial charge in [-0.05, 0) is 44.0 Å². The number of hydrogen-bond acceptors (Lipinski definition) is 5. The number of piperidine rings is 1. The smallest absolute Gasteiger partial charge is 0.275 e. The maximum atomic E-state index is 12.6. The van der Waals surface area contributed by atoms with Crippen molar-refractivity contribution >= 4 is 21.6 Å². The van der Waals surface area contributed by atoms with Crippen LogP contribution in [0.25, 0.3) is 0 Å². The molecule has 1 amide bonds. The monoisotopic (exact) mass is 360 g/mol. The molecule has 8 heteroatoms. The van der Waals surface area contributed by atoms with Crippen LogP contribution < -0.4 is 5.32 Å². The van der Waals surface area contributed by atoms with Crippen molar-refractivity contribution in [2.45, 2.75) is 31.1 Å². The van der Waals surface area contributed by atoms with Crippen LogP contribution in [-0.2, 0) is 10.0 Å². The summed E-state index contributed by atoms with van der Waals surface area (Å²) in [6, 6.07) is 6.19. The number of nitrogens with zero attached hydrogens (tertiary/aromatic N) is 3. The zero-order chi connectivity index (χ0) is 17.9. The van der Waals surface area contributed by atoms with Crippen LogP contribution in [0.3, 0.4) is 0 Å². The van der Waals surface area contributed by atoms with Gasteiger partial charge in [-0.25, -0.2) is 13.4 Å². The Morgan fingerprint density at radius 3 is 2.32 bits per heavy atom. The Kier molecular flexibility index (Phi) is 5.10. The van der Waals surface area contributed by atoms with Gasteiger partial charge in [0.05, 0.1) is 16.8 Å². The third kappa shape index (κ3) is 4.02. The average molecular weight is 360 g/mol. The van der Waals surface area contributed by atoms with E-state index >= 15 is 0 Å². The predicted molar refractivity (Wildman–Crippen MR) is 93.8 cm³/mol. The molecule has 0 radical (unpaired) electrons. The Labute approximate surface area is 147 Å². The molecule has 2 aromatic rings. The lowest BCUT2D eigenvalue weighted by Crippen LogP contribution is -2.35. The molecule has 0 bridgehead atoms. The molecule has 0 atom stereocenters. The zero-order valence-corrected chi connectivity index (χ0v) is 14.8. The predicted octanol–water partition coefficient (Wildman–Crippen LogP) is 2.21. The fourth-order valence-electron chi connectivity index (χ4n) is 2.67. The third-order valence-corrected chi connectivity index (χ3v) is 5.99. The summed E-state index contributed by atoms with van der Waals surface area (Å²) in [5, 5.41) is 2.69. The molecule has 2 heterocycles. The van der Waals surface area contributed by atoms with Gasteiger partial charge in [0.25, 0.3) is 5.91 Å². The molecule has 1 fully saturated rings. The maximum absolute atomic E-state index is 12.6. The van der Waals surface area contributed by atoms with Crippen molar-refractivity contribution in [1.82, 2.24) is 14.3 Å². The molecule has 1 aliphatic rings. The van der Waals surface area contributed by atoms with Crippen LogP contribution in [-0.4, -0.2) is 41.7 Å². The largest absolute Gasteiger partial charge is 0.321 e. The van der Waals surface area contributed by atoms with Crippen molar-refractivity contribution in [2.24, 2.45) is 0 Å². The van der Waals surface area contributed by atoms with Gasteiger partial charge in [-0.3, -0.25) is 9.78 Å². The van der Waals surface area contributed by atoms with Gasteiger partial charge in [0.2, 0.25) is 10.0 Å². The van der Waals surface area contributed by atoms with E-state index in [-0.39, 0.29) is 16.5 Å². The van der Waals surface area contributed by atoms with E-state index < -0.39 is 10.0 Å². The van der Waals surface area contributed by atoms with E-state index in [0.717, 1.165) is 25.0 Å². The first-order valence-corrected chi connectivity index (χ1v) is 9.61. The minimum Gasteiger partial charge on any atom is -0.321 e. The van der Waals surface area contributed by atoms with Crippen LogP contribution in [0.1, 0.15) is 35.4 Å². The molecule has 7 nitrogen and oxygen atoms in total. The van der Waals surface area contributed by atoms with Crippen molar-refractivity contribution in [1.29, 1.82) is 0 Å². The Morgan fingerprint density at radius 1 is 1.04 bits per heavy atom. The zero-order valence-electron chi connectivity index (χ0n) is 14.0. The lowest BCUT2D eigenvalue weighted by Gasteiger charge is -2.25. The lowest BCUT2D eigenvalue weighted by molar-refractivity contribution is 0.102. The molecule has 132 valence electrons. The van der Waals surface area contributed by atoms with Crippen LogP contribution in [0.4, 0.5) is 5.69 Å². The molecule has 0 spiro atoms. The number of sulfonamides is 1. The van der Waals surface area contributed by atoms with Gasteiger partial charge in [0.15, 0.2) is 0 Å². The summed E-state index contributed by atoms with van der Waals surface area (Å²) in [6.45, 7) is 2.91. The summed E-state index contributed by atoms with van der Waals surface area (Å²) < 4.78 is 26.7. The van der Waals surface area contributed by atoms with Gasteiger partial charge in [-0.2, -0.15) is 4.31 Å². The molecule has 0 unspecified atom stereocenters. The van der Waals surface area contributed by atoms with E-state index in [4.69, 9.17) is 0 Å². The normalized spacial score (nSPS) is 15.7. The van der Waals surface area contributed by atoms with Crippen molar-refractivity contribution in [3.8, 4) is 0 Å². The number of anilines is 1. The minimum absolute atomic E-state index is 0.204. The molecule has 0 aliphatic carbocycles. The molecule has 1 N–H and O–H groups in total. The number of rotatable bonds is 4. The fraction of sp³-hybridized carbons (Fsp3) is 0.353. The van der Waals surface area contributed by atoms with Gasteiger partial charge in [0, 0.05) is 25.0 Å². The Hall–Kier alpha value is -2.32. The van der Waals surface area contributed by atoms with E-state index in [0.29, 0.717) is 18.8 Å². The summed E-state index contributed by atoms with van der Waals surface area (Å²) in [5.41, 5.74) is 1.43. The van der Waals surface area contributed by atoms with Gasteiger partial charge >= 0.3 is 0 Å². The molecule has 1 aliphatic heterocycles.